The number of ether oxygens (including phenoxy) is 2. The molecular formula is C9H5F12NO2. The highest BCUT2D eigenvalue weighted by Crippen LogP contribution is 2.59. The van der Waals surface area contributed by atoms with E-state index in [1.807, 2.05) is 4.74 Å². The molecule has 0 radical (unpaired) electrons. The Kier molecular flexibility index (Phi) is 4.69. The summed E-state index contributed by atoms with van der Waals surface area (Å²) in [5, 5.41) is 0. The van der Waals surface area contributed by atoms with Crippen LogP contribution in [0.1, 0.15) is 6.92 Å². The number of nitrogens with zero attached hydrogens (tertiary/aromatic N) is 1. The summed E-state index contributed by atoms with van der Waals surface area (Å²) in [6, 6.07) is -16.7. The second kappa shape index (κ2) is 5.49. The molecule has 0 aromatic heterocycles. The van der Waals surface area contributed by atoms with E-state index in [0.717, 1.165) is 6.92 Å². The number of alkyl halides is 11. The summed E-state index contributed by atoms with van der Waals surface area (Å²) in [5.74, 6) is 0. The molecule has 15 heteroatoms. The van der Waals surface area contributed by atoms with Crippen molar-refractivity contribution in [2.45, 2.75) is 37.4 Å². The van der Waals surface area contributed by atoms with Crippen LogP contribution < -0.4 is 0 Å². The molecule has 24 heavy (non-hydrogen) atoms. The molecule has 1 saturated heterocycles. The summed E-state index contributed by atoms with van der Waals surface area (Å²) in [6.45, 7) is -0.286. The van der Waals surface area contributed by atoms with Gasteiger partial charge in [-0.25, -0.2) is 9.64 Å². The molecule has 0 bridgehead atoms. The Morgan fingerprint density at radius 3 is 1.58 bits per heavy atom. The molecule has 0 aromatic carbocycles. The van der Waals surface area contributed by atoms with Crippen LogP contribution in [-0.4, -0.2) is 42.0 Å². The molecule has 0 spiro atoms. The van der Waals surface area contributed by atoms with Gasteiger partial charge in [0.05, 0.1) is 6.61 Å². The fraction of sp³-hybridized carbons (Fsp3) is 0.778. The molecule has 1 rings (SSSR count). The predicted octanol–water partition coefficient (Wildman–Crippen LogP) is 4.43. The average Bonchev–Trinajstić information content (AvgIpc) is 2.30. The quantitative estimate of drug-likeness (QED) is 0.407. The molecule has 0 unspecified atom stereocenters. The normalized spacial score (nSPS) is 26.0. The number of rotatable bonds is 3. The van der Waals surface area contributed by atoms with E-state index in [-0.39, 0.29) is 0 Å². The van der Waals surface area contributed by atoms with E-state index in [0.29, 0.717) is 0 Å². The molecule has 0 saturated carbocycles. The summed E-state index contributed by atoms with van der Waals surface area (Å²) in [6.07, 6.45) is -19.6. The highest BCUT2D eigenvalue weighted by Gasteiger charge is 2.85. The Hall–Kier alpha value is -1.54. The van der Waals surface area contributed by atoms with Crippen molar-refractivity contribution in [3.8, 4) is 0 Å². The highest BCUT2D eigenvalue weighted by atomic mass is 19.4. The third-order valence-electron chi connectivity index (χ3n) is 2.47. The first-order chi connectivity index (χ1) is 10.4. The SMILES string of the molecule is CCO/C(F)=C(/N1C(F)(F)C(F)(F)OC(F)(F)C1(F)F)C(F)(F)F. The van der Waals surface area contributed by atoms with Gasteiger partial charge in [0.15, 0.2) is 0 Å². The molecule has 142 valence electrons. The Balaban J connectivity index is 3.78. The van der Waals surface area contributed by atoms with Crippen molar-refractivity contribution < 1.29 is 62.2 Å². The minimum absolute atomic E-state index is 0.770. The van der Waals surface area contributed by atoms with E-state index in [9.17, 15) is 52.7 Å². The van der Waals surface area contributed by atoms with E-state index in [1.54, 1.807) is 0 Å². The van der Waals surface area contributed by atoms with Gasteiger partial charge in [-0.05, 0) is 6.92 Å². The third kappa shape index (κ3) is 2.93. The first-order valence-corrected chi connectivity index (χ1v) is 5.55. The highest BCUT2D eigenvalue weighted by molar-refractivity contribution is 5.16. The molecule has 0 atom stereocenters. The average molecular weight is 387 g/mol. The van der Waals surface area contributed by atoms with E-state index >= 15 is 0 Å². The van der Waals surface area contributed by atoms with E-state index < -0.39 is 53.7 Å². The van der Waals surface area contributed by atoms with Crippen LogP contribution in [0.3, 0.4) is 0 Å². The number of halogens is 12. The first kappa shape index (κ1) is 20.5. The van der Waals surface area contributed by atoms with Crippen LogP contribution in [0.25, 0.3) is 0 Å². The van der Waals surface area contributed by atoms with E-state index in [1.165, 1.54) is 0 Å². The topological polar surface area (TPSA) is 21.7 Å². The second-order valence-electron chi connectivity index (χ2n) is 4.11. The lowest BCUT2D eigenvalue weighted by Crippen LogP contribution is -2.74. The lowest BCUT2D eigenvalue weighted by Gasteiger charge is -2.48. The molecule has 0 N–H and O–H groups in total. The van der Waals surface area contributed by atoms with Crippen LogP contribution in [0.15, 0.2) is 11.7 Å². The number of hydrogen-bond donors (Lipinski definition) is 0. The van der Waals surface area contributed by atoms with Crippen molar-refractivity contribution in [3.63, 3.8) is 0 Å². The zero-order valence-corrected chi connectivity index (χ0v) is 11.0. The number of morpholine rings is 1. The summed E-state index contributed by atoms with van der Waals surface area (Å²) in [4.78, 5) is -3.09. The molecule has 1 aliphatic heterocycles. The second-order valence-corrected chi connectivity index (χ2v) is 4.11. The maximum Gasteiger partial charge on any atom is 0.445 e. The van der Waals surface area contributed by atoms with Crippen molar-refractivity contribution in [3.05, 3.63) is 11.7 Å². The van der Waals surface area contributed by atoms with E-state index in [2.05, 4.69) is 4.74 Å². The summed E-state index contributed by atoms with van der Waals surface area (Å²) in [7, 11) is 0. The van der Waals surface area contributed by atoms with Crippen LogP contribution in [0.5, 0.6) is 0 Å². The summed E-state index contributed by atoms with van der Waals surface area (Å²) < 4.78 is 162. The monoisotopic (exact) mass is 387 g/mol. The van der Waals surface area contributed by atoms with Crippen LogP contribution >= 0.6 is 0 Å². The fourth-order valence-corrected chi connectivity index (χ4v) is 1.52. The van der Waals surface area contributed by atoms with Gasteiger partial charge in [-0.2, -0.15) is 52.7 Å². The third-order valence-corrected chi connectivity index (χ3v) is 2.47. The Bertz CT molecular complexity index is 499. The summed E-state index contributed by atoms with van der Waals surface area (Å²) >= 11 is 0. The van der Waals surface area contributed by atoms with Crippen LogP contribution in [0, 0.1) is 0 Å². The van der Waals surface area contributed by atoms with Crippen molar-refractivity contribution >= 4 is 0 Å². The molecule has 0 amide bonds. The van der Waals surface area contributed by atoms with Gasteiger partial charge in [0.1, 0.15) is 0 Å². The Morgan fingerprint density at radius 2 is 1.29 bits per heavy atom. The molecule has 0 aromatic rings. The lowest BCUT2D eigenvalue weighted by atomic mass is 10.2. The van der Waals surface area contributed by atoms with Crippen molar-refractivity contribution in [1.82, 2.24) is 4.90 Å². The Morgan fingerprint density at radius 1 is 0.917 bits per heavy atom. The van der Waals surface area contributed by atoms with Gasteiger partial charge in [-0.3, -0.25) is 0 Å². The molecule has 3 nitrogen and oxygen atoms in total. The number of allylic oxidation sites excluding steroid dienone is 1. The smallest absolute Gasteiger partial charge is 0.445 e. The van der Waals surface area contributed by atoms with Gasteiger partial charge in [0.2, 0.25) is 5.70 Å². The van der Waals surface area contributed by atoms with Crippen molar-refractivity contribution in [1.29, 1.82) is 0 Å². The van der Waals surface area contributed by atoms with Gasteiger partial charge < -0.3 is 4.74 Å². The van der Waals surface area contributed by atoms with Gasteiger partial charge in [0.25, 0.3) is 0 Å². The minimum Gasteiger partial charge on any atom is -0.470 e. The minimum atomic E-state index is -6.71. The molecule has 1 aliphatic rings. The van der Waals surface area contributed by atoms with Gasteiger partial charge in [0, 0.05) is 0 Å². The fourth-order valence-electron chi connectivity index (χ4n) is 1.52. The maximum atomic E-state index is 13.3. The van der Waals surface area contributed by atoms with Gasteiger partial charge in [-0.15, -0.1) is 0 Å². The standard InChI is InChI=1S/C9H5F12NO2/c1-2-23-4(10)3(5(11,12)13)22-6(14,15)8(18,19)24-9(20,21)7(22,16)17/h2H2,1H3/b4-3+. The van der Waals surface area contributed by atoms with Gasteiger partial charge >= 0.3 is 36.5 Å². The lowest BCUT2D eigenvalue weighted by molar-refractivity contribution is -0.560. The molecule has 1 heterocycles. The van der Waals surface area contributed by atoms with Crippen LogP contribution in [-0.2, 0) is 9.47 Å². The number of hydrogen-bond acceptors (Lipinski definition) is 3. The van der Waals surface area contributed by atoms with Gasteiger partial charge in [-0.1, -0.05) is 0 Å². The zero-order valence-electron chi connectivity index (χ0n) is 11.0. The maximum absolute atomic E-state index is 13.3. The molecule has 1 fully saturated rings. The predicted molar refractivity (Wildman–Crippen MR) is 48.5 cm³/mol. The molecule has 0 aliphatic carbocycles. The molecular weight excluding hydrogens is 382 g/mol. The van der Waals surface area contributed by atoms with E-state index in [4.69, 9.17) is 0 Å². The van der Waals surface area contributed by atoms with Crippen molar-refractivity contribution in [2.24, 2.45) is 0 Å². The van der Waals surface area contributed by atoms with Crippen LogP contribution in [0.2, 0.25) is 0 Å². The Labute approximate surface area is 124 Å². The zero-order chi connectivity index (χ0) is 19.4. The van der Waals surface area contributed by atoms with Crippen molar-refractivity contribution in [2.75, 3.05) is 6.61 Å². The van der Waals surface area contributed by atoms with Crippen LogP contribution in [0.4, 0.5) is 52.7 Å². The largest absolute Gasteiger partial charge is 0.470 e. The summed E-state index contributed by atoms with van der Waals surface area (Å²) in [5.41, 5.74) is -3.86. The first-order valence-electron chi connectivity index (χ1n) is 5.55.